The van der Waals surface area contributed by atoms with Crippen LogP contribution in [0.15, 0.2) is 23.1 Å². The standard InChI is InChI=1S/C57H86ClN3O19/c1-15-42-57(10)49(79-54(68)80-57)33(6)60(13)27-29(2)25-55(8,69)48(78-53-46(64)40(59(11)12)22-30(3)73-53)31(4)47(32(5)52(67)75-42)77-44-26-56(9,70-14)50(34(7)74-44)76-43(62)18-19-71-20-21-72-41-23-36-39(24-38(41)58)61(35-16-17-35)28-37(45(36)63)51(65)66/h23-24,28-35,40,42,44,46-50,53,64,69H,15-22,25-27H2,1-14H3,(H,65,66)/t29-,30+,31+,32+,33+,34-,40-,42-,44-,46+,47-,48+,49+,50-,53-,55+,56+,57-/m0/s1. The normalized spacial score (nSPS) is 37.7. The molecule has 18 atom stereocenters. The van der Waals surface area contributed by atoms with Crippen LogP contribution in [0.5, 0.6) is 5.75 Å². The number of hydrogen-bond donors (Lipinski definition) is 3. The van der Waals surface area contributed by atoms with Gasteiger partial charge in [-0.25, -0.2) is 9.59 Å². The molecule has 3 N–H and O–H groups in total. The summed E-state index contributed by atoms with van der Waals surface area (Å²) in [6, 6.07) is 2.37. The summed E-state index contributed by atoms with van der Waals surface area (Å²) < 4.78 is 70.2. The number of aromatic nitrogens is 1. The fraction of sp³-hybridized carbons (Fsp3) is 0.772. The number of aromatic carboxylic acids is 1. The average molecular weight is 1150 g/mol. The number of aliphatic hydroxyl groups excluding tert-OH is 1. The number of methoxy groups -OCH3 is 1. The molecule has 1 saturated carbocycles. The molecule has 0 amide bonds. The quantitative estimate of drug-likeness (QED) is 0.0915. The number of halogens is 1. The Hall–Kier alpha value is -4.20. The summed E-state index contributed by atoms with van der Waals surface area (Å²) >= 11 is 6.56. The van der Waals surface area contributed by atoms with Gasteiger partial charge in [-0.3, -0.25) is 19.3 Å². The number of fused-ring (bicyclic) bond motifs is 2. The number of nitrogens with zero attached hydrogens (tertiary/aromatic N) is 3. The minimum absolute atomic E-state index is 0.00143. The van der Waals surface area contributed by atoms with E-state index < -0.39 is 119 Å². The summed E-state index contributed by atoms with van der Waals surface area (Å²) in [6.45, 7) is 18.4. The lowest BCUT2D eigenvalue weighted by atomic mass is 9.77. The van der Waals surface area contributed by atoms with Gasteiger partial charge in [0, 0.05) is 50.3 Å². The van der Waals surface area contributed by atoms with Crippen LogP contribution in [0.4, 0.5) is 4.79 Å². The molecule has 5 fully saturated rings. The lowest BCUT2D eigenvalue weighted by Crippen LogP contribution is -2.61. The van der Waals surface area contributed by atoms with Gasteiger partial charge in [0.15, 0.2) is 30.4 Å². The Morgan fingerprint density at radius 3 is 2.27 bits per heavy atom. The monoisotopic (exact) mass is 1150 g/mol. The zero-order valence-electron chi connectivity index (χ0n) is 48.8. The maximum Gasteiger partial charge on any atom is 0.509 e. The molecule has 1 aromatic carbocycles. The van der Waals surface area contributed by atoms with Crippen molar-refractivity contribution in [1.29, 1.82) is 0 Å². The zero-order chi connectivity index (χ0) is 58.9. The van der Waals surface area contributed by atoms with Crippen molar-refractivity contribution in [2.45, 2.75) is 211 Å². The Kier molecular flexibility index (Phi) is 20.4. The fourth-order valence-corrected chi connectivity index (χ4v) is 12.7. The first-order chi connectivity index (χ1) is 37.5. The summed E-state index contributed by atoms with van der Waals surface area (Å²) in [5.74, 6) is -4.57. The third kappa shape index (κ3) is 13.9. The molecular formula is C57H86ClN3O19. The Labute approximate surface area is 473 Å². The van der Waals surface area contributed by atoms with Gasteiger partial charge in [0.05, 0.1) is 71.5 Å². The highest BCUT2D eigenvalue weighted by atomic mass is 35.5. The van der Waals surface area contributed by atoms with Crippen molar-refractivity contribution in [1.82, 2.24) is 14.4 Å². The minimum Gasteiger partial charge on any atom is -0.490 e. The van der Waals surface area contributed by atoms with Gasteiger partial charge in [-0.05, 0) is 120 Å². The number of benzene rings is 1. The topological polar surface area (TPSA) is 259 Å². The molecule has 0 radical (unpaired) electrons. The second kappa shape index (κ2) is 25.7. The molecule has 23 heteroatoms. The fourth-order valence-electron chi connectivity index (χ4n) is 12.5. The number of hydrogen-bond acceptors (Lipinski definition) is 20. The van der Waals surface area contributed by atoms with Crippen molar-refractivity contribution in [3.05, 3.63) is 39.1 Å². The van der Waals surface area contributed by atoms with E-state index >= 15 is 0 Å². The maximum atomic E-state index is 14.8. The third-order valence-electron chi connectivity index (χ3n) is 17.1. The van der Waals surface area contributed by atoms with Gasteiger partial charge in [0.1, 0.15) is 35.7 Å². The number of cyclic esters (lactones) is 1. The summed E-state index contributed by atoms with van der Waals surface area (Å²) in [5.41, 5.74) is -4.69. The number of aliphatic hydroxyl groups is 2. The molecule has 80 heavy (non-hydrogen) atoms. The first kappa shape index (κ1) is 63.4. The number of carboxylic acid groups (broad SMARTS) is 1. The second-order valence-corrected chi connectivity index (χ2v) is 24.3. The second-order valence-electron chi connectivity index (χ2n) is 23.9. The van der Waals surface area contributed by atoms with Gasteiger partial charge in [0.25, 0.3) is 0 Å². The molecule has 0 bridgehead atoms. The van der Waals surface area contributed by atoms with Crippen LogP contribution >= 0.6 is 11.6 Å². The molecule has 0 spiro atoms. The van der Waals surface area contributed by atoms with Crippen LogP contribution in [-0.4, -0.2) is 199 Å². The molecule has 450 valence electrons. The number of likely N-dealkylation sites (N-methyl/N-ethyl adjacent to an activating group) is 2. The predicted octanol–water partition coefficient (Wildman–Crippen LogP) is 6.12. The smallest absolute Gasteiger partial charge is 0.490 e. The number of esters is 2. The highest BCUT2D eigenvalue weighted by molar-refractivity contribution is 6.32. The van der Waals surface area contributed by atoms with Crippen molar-refractivity contribution >= 4 is 46.6 Å². The highest BCUT2D eigenvalue weighted by Gasteiger charge is 2.59. The van der Waals surface area contributed by atoms with E-state index in [0.29, 0.717) is 18.5 Å². The van der Waals surface area contributed by atoms with E-state index in [1.54, 1.807) is 52.2 Å². The number of ether oxygens (including phenoxy) is 11. The van der Waals surface area contributed by atoms with Crippen LogP contribution in [0.25, 0.3) is 10.9 Å². The number of carbonyl (C=O) groups excluding carboxylic acids is 3. The molecule has 22 nitrogen and oxygen atoms in total. The van der Waals surface area contributed by atoms with Gasteiger partial charge in [-0.15, -0.1) is 0 Å². The van der Waals surface area contributed by atoms with Crippen LogP contribution in [0, 0.1) is 17.8 Å². The lowest BCUT2D eigenvalue weighted by molar-refractivity contribution is -0.318. The molecule has 4 saturated heterocycles. The molecular weight excluding hydrogens is 1070 g/mol. The highest BCUT2D eigenvalue weighted by Crippen LogP contribution is 2.43. The van der Waals surface area contributed by atoms with Gasteiger partial charge < -0.3 is 76.9 Å². The number of carbonyl (C=O) groups is 4. The SMILES string of the molecule is CC[C@@H]1OC(=O)[C@H](C)[C@@H](O[C@H]2C[C@@](C)(OC)[C@@H](OC(=O)CCOCCOc3cc4c(=O)c(C(=O)O)cn(C5CC5)c4cc3Cl)[C@H](C)O2)[C@@H](C)[C@@H](O[C@@H]2O[C@H](C)C[C@H](N(C)C)[C@H]2O)[C@](C)(O)C[C@H](C)CN(C)[C@H](C)[C@H]2OC(=O)O[C@@]12C. The van der Waals surface area contributed by atoms with E-state index in [-0.39, 0.29) is 91.3 Å². The van der Waals surface area contributed by atoms with E-state index in [1.807, 2.05) is 58.6 Å². The molecule has 1 aliphatic carbocycles. The van der Waals surface area contributed by atoms with Crippen molar-refractivity contribution in [2.24, 2.45) is 17.8 Å². The molecule has 7 rings (SSSR count). The molecule has 1 aromatic heterocycles. The zero-order valence-corrected chi connectivity index (χ0v) is 49.6. The minimum atomic E-state index is -1.64. The van der Waals surface area contributed by atoms with Crippen LogP contribution in [-0.2, 0) is 57.0 Å². The summed E-state index contributed by atoms with van der Waals surface area (Å²) in [7, 11) is 7.12. The largest absolute Gasteiger partial charge is 0.509 e. The van der Waals surface area contributed by atoms with Crippen molar-refractivity contribution < 1.29 is 86.6 Å². The predicted molar refractivity (Wildman–Crippen MR) is 291 cm³/mol. The third-order valence-corrected chi connectivity index (χ3v) is 17.4. The number of rotatable bonds is 17. The summed E-state index contributed by atoms with van der Waals surface area (Å²) in [5, 5.41) is 34.8. The van der Waals surface area contributed by atoms with Crippen LogP contribution in [0.1, 0.15) is 131 Å². The van der Waals surface area contributed by atoms with E-state index in [0.717, 1.165) is 12.8 Å². The van der Waals surface area contributed by atoms with Crippen molar-refractivity contribution in [2.75, 3.05) is 54.6 Å². The van der Waals surface area contributed by atoms with E-state index in [2.05, 4.69) is 0 Å². The molecule has 2 aromatic rings. The van der Waals surface area contributed by atoms with Crippen molar-refractivity contribution in [3.8, 4) is 5.75 Å². The molecule has 5 aliphatic rings. The van der Waals surface area contributed by atoms with Gasteiger partial charge in [0.2, 0.25) is 5.43 Å². The van der Waals surface area contributed by atoms with Crippen LogP contribution in [0.2, 0.25) is 5.02 Å². The average Bonchev–Trinajstić information content (AvgIpc) is 4.35. The van der Waals surface area contributed by atoms with Crippen molar-refractivity contribution in [3.63, 3.8) is 0 Å². The maximum absolute atomic E-state index is 14.8. The number of carboxylic acids is 1. The summed E-state index contributed by atoms with van der Waals surface area (Å²) in [4.78, 5) is 70.2. The van der Waals surface area contributed by atoms with Gasteiger partial charge in [-0.1, -0.05) is 32.4 Å². The Balaban J connectivity index is 1.07. The molecule has 4 aliphatic heterocycles. The molecule has 0 unspecified atom stereocenters. The van der Waals surface area contributed by atoms with Gasteiger partial charge >= 0.3 is 24.1 Å². The first-order valence-corrected chi connectivity index (χ1v) is 28.5. The number of pyridine rings is 1. The van der Waals surface area contributed by atoms with E-state index in [1.165, 1.54) is 19.4 Å². The van der Waals surface area contributed by atoms with Crippen LogP contribution in [0.3, 0.4) is 0 Å². The van der Waals surface area contributed by atoms with E-state index in [4.69, 9.17) is 63.7 Å². The van der Waals surface area contributed by atoms with Gasteiger partial charge in [-0.2, -0.15) is 0 Å². The Morgan fingerprint density at radius 1 is 0.938 bits per heavy atom. The Morgan fingerprint density at radius 2 is 1.64 bits per heavy atom. The van der Waals surface area contributed by atoms with E-state index in [9.17, 15) is 39.3 Å². The summed E-state index contributed by atoms with van der Waals surface area (Å²) in [6.07, 6.45) is -6.46. The lowest BCUT2D eigenvalue weighted by Gasteiger charge is -2.49. The molecule has 5 heterocycles. The Bertz CT molecular complexity index is 2580. The first-order valence-electron chi connectivity index (χ1n) is 28.1. The van der Waals surface area contributed by atoms with Crippen LogP contribution < -0.4 is 10.2 Å².